The van der Waals surface area contributed by atoms with Gasteiger partial charge in [-0.05, 0) is 27.9 Å². The minimum atomic E-state index is 0.716. The summed E-state index contributed by atoms with van der Waals surface area (Å²) in [6.07, 6.45) is 1.17. The van der Waals surface area contributed by atoms with E-state index in [1.807, 2.05) is 11.8 Å². The Balaban J connectivity index is 2.58. The Morgan fingerprint density at radius 3 is 2.75 bits per heavy atom. The molecule has 0 aromatic heterocycles. The molecule has 2 N–H and O–H groups in total. The minimum absolute atomic E-state index is 0.716. The van der Waals surface area contributed by atoms with E-state index in [0.717, 1.165) is 0 Å². The van der Waals surface area contributed by atoms with Crippen LogP contribution in [-0.4, -0.2) is 12.3 Å². The lowest BCUT2D eigenvalue weighted by molar-refractivity contribution is 1.04. The van der Waals surface area contributed by atoms with Crippen LogP contribution < -0.4 is 5.73 Å². The zero-order chi connectivity index (χ0) is 5.98. The highest BCUT2D eigenvalue weighted by molar-refractivity contribution is 9.14. The first-order chi connectivity index (χ1) is 3.84. The first-order valence-corrected chi connectivity index (χ1v) is 4.33. The molecule has 46 valence electrons. The van der Waals surface area contributed by atoms with Gasteiger partial charge in [-0.3, -0.25) is 0 Å². The lowest BCUT2D eigenvalue weighted by Crippen LogP contribution is -2.01. The van der Waals surface area contributed by atoms with Gasteiger partial charge in [0, 0.05) is 12.3 Å². The first-order valence-electron chi connectivity index (χ1n) is 2.55. The summed E-state index contributed by atoms with van der Waals surface area (Å²) >= 11 is 5.27. The van der Waals surface area contributed by atoms with Crippen molar-refractivity contribution in [1.29, 1.82) is 0 Å². The number of rotatable bonds is 1. The molecular formula is C5H8BrNS. The van der Waals surface area contributed by atoms with Crippen molar-refractivity contribution < 1.29 is 0 Å². The minimum Gasteiger partial charge on any atom is -0.327 e. The van der Waals surface area contributed by atoms with E-state index in [1.165, 1.54) is 21.6 Å². The maximum atomic E-state index is 5.42. The first kappa shape index (κ1) is 6.65. The van der Waals surface area contributed by atoms with Crippen LogP contribution in [0.5, 0.6) is 0 Å². The third-order valence-corrected chi connectivity index (χ3v) is 3.35. The molecule has 1 rings (SSSR count). The van der Waals surface area contributed by atoms with E-state index in [9.17, 15) is 0 Å². The molecule has 1 nitrogen and oxygen atoms in total. The Kier molecular flexibility index (Phi) is 2.41. The van der Waals surface area contributed by atoms with Gasteiger partial charge in [0.05, 0.1) is 3.81 Å². The highest BCUT2D eigenvalue weighted by Gasteiger charge is 2.09. The van der Waals surface area contributed by atoms with Crippen molar-refractivity contribution in [2.75, 3.05) is 12.3 Å². The van der Waals surface area contributed by atoms with Crippen LogP contribution in [0.15, 0.2) is 9.39 Å². The van der Waals surface area contributed by atoms with Gasteiger partial charge < -0.3 is 5.73 Å². The second-order valence-electron chi connectivity index (χ2n) is 1.68. The summed E-state index contributed by atoms with van der Waals surface area (Å²) in [5.74, 6) is 1.20. The zero-order valence-corrected chi connectivity index (χ0v) is 6.89. The summed E-state index contributed by atoms with van der Waals surface area (Å²) in [6.45, 7) is 0.716. The molecule has 0 aromatic rings. The van der Waals surface area contributed by atoms with E-state index in [1.54, 1.807) is 0 Å². The molecule has 0 unspecified atom stereocenters. The Bertz CT molecular complexity index is 122. The van der Waals surface area contributed by atoms with Crippen LogP contribution in [0.25, 0.3) is 0 Å². The van der Waals surface area contributed by atoms with Gasteiger partial charge in [-0.2, -0.15) is 0 Å². The van der Waals surface area contributed by atoms with Gasteiger partial charge in [0.25, 0.3) is 0 Å². The van der Waals surface area contributed by atoms with Crippen molar-refractivity contribution in [3.8, 4) is 0 Å². The molecule has 0 saturated heterocycles. The highest BCUT2D eigenvalue weighted by atomic mass is 79.9. The predicted octanol–water partition coefficient (Wildman–Crippen LogP) is 1.69. The molecule has 0 aromatic carbocycles. The predicted molar refractivity (Wildman–Crippen MR) is 42.1 cm³/mol. The van der Waals surface area contributed by atoms with E-state index in [2.05, 4.69) is 15.9 Å². The fourth-order valence-corrected chi connectivity index (χ4v) is 2.41. The van der Waals surface area contributed by atoms with Crippen molar-refractivity contribution >= 4 is 27.7 Å². The Hall–Kier alpha value is 0.530. The number of halogens is 1. The topological polar surface area (TPSA) is 26.0 Å². The fraction of sp³-hybridized carbons (Fsp3) is 0.600. The molecule has 0 fully saturated rings. The molecule has 0 spiro atoms. The molecule has 0 aliphatic carbocycles. The van der Waals surface area contributed by atoms with Gasteiger partial charge in [-0.1, -0.05) is 0 Å². The fourth-order valence-electron chi connectivity index (χ4n) is 0.646. The molecule has 1 aliphatic rings. The van der Waals surface area contributed by atoms with Crippen molar-refractivity contribution in [2.24, 2.45) is 5.73 Å². The molecule has 1 aliphatic heterocycles. The average Bonchev–Trinajstić information content (AvgIpc) is 2.14. The van der Waals surface area contributed by atoms with Crippen LogP contribution in [0.3, 0.4) is 0 Å². The second kappa shape index (κ2) is 2.90. The summed E-state index contributed by atoms with van der Waals surface area (Å²) in [5, 5.41) is 0. The van der Waals surface area contributed by atoms with Crippen LogP contribution in [0.1, 0.15) is 6.42 Å². The smallest absolute Gasteiger partial charge is 0.0508 e. The molecule has 3 heteroatoms. The summed E-state index contributed by atoms with van der Waals surface area (Å²) in [7, 11) is 0. The molecule has 0 bridgehead atoms. The van der Waals surface area contributed by atoms with Crippen molar-refractivity contribution in [2.45, 2.75) is 6.42 Å². The van der Waals surface area contributed by atoms with Crippen LogP contribution in [0.4, 0.5) is 0 Å². The van der Waals surface area contributed by atoms with Gasteiger partial charge in [0.15, 0.2) is 0 Å². The number of thioether (sulfide) groups is 1. The largest absolute Gasteiger partial charge is 0.327 e. The molecular weight excluding hydrogens is 186 g/mol. The van der Waals surface area contributed by atoms with Gasteiger partial charge in [0.2, 0.25) is 0 Å². The molecule has 1 heterocycles. The van der Waals surface area contributed by atoms with Crippen LogP contribution >= 0.6 is 27.7 Å². The summed E-state index contributed by atoms with van der Waals surface area (Å²) in [4.78, 5) is 0. The zero-order valence-electron chi connectivity index (χ0n) is 4.48. The normalized spacial score (nSPS) is 20.2. The Morgan fingerprint density at radius 2 is 2.50 bits per heavy atom. The van der Waals surface area contributed by atoms with E-state index in [-0.39, 0.29) is 0 Å². The standard InChI is InChI=1S/C5H8BrNS/c6-5-4(3-7)1-2-8-5/h1-3,7H2. The second-order valence-corrected chi connectivity index (χ2v) is 4.10. The molecule has 0 amide bonds. The van der Waals surface area contributed by atoms with Crippen molar-refractivity contribution in [3.05, 3.63) is 9.39 Å². The Labute approximate surface area is 61.8 Å². The van der Waals surface area contributed by atoms with E-state index >= 15 is 0 Å². The van der Waals surface area contributed by atoms with Gasteiger partial charge in [-0.25, -0.2) is 0 Å². The summed E-state index contributed by atoms with van der Waals surface area (Å²) < 4.78 is 1.26. The summed E-state index contributed by atoms with van der Waals surface area (Å²) in [6, 6.07) is 0. The Morgan fingerprint density at radius 1 is 1.75 bits per heavy atom. The number of hydrogen-bond donors (Lipinski definition) is 1. The van der Waals surface area contributed by atoms with Gasteiger partial charge in [-0.15, -0.1) is 11.8 Å². The number of hydrogen-bond acceptors (Lipinski definition) is 2. The van der Waals surface area contributed by atoms with Crippen LogP contribution in [0, 0.1) is 0 Å². The highest BCUT2D eigenvalue weighted by Crippen LogP contribution is 2.34. The van der Waals surface area contributed by atoms with Crippen molar-refractivity contribution in [3.63, 3.8) is 0 Å². The maximum absolute atomic E-state index is 5.42. The van der Waals surface area contributed by atoms with E-state index in [4.69, 9.17) is 5.73 Å². The third-order valence-electron chi connectivity index (χ3n) is 1.16. The average molecular weight is 194 g/mol. The van der Waals surface area contributed by atoms with Crippen molar-refractivity contribution in [1.82, 2.24) is 0 Å². The summed E-state index contributed by atoms with van der Waals surface area (Å²) in [5.41, 5.74) is 6.79. The van der Waals surface area contributed by atoms with Crippen LogP contribution in [0.2, 0.25) is 0 Å². The lowest BCUT2D eigenvalue weighted by Gasteiger charge is -1.91. The lowest BCUT2D eigenvalue weighted by atomic mass is 10.2. The van der Waals surface area contributed by atoms with Crippen LogP contribution in [-0.2, 0) is 0 Å². The SMILES string of the molecule is NCC1=C(Br)SCC1. The molecule has 8 heavy (non-hydrogen) atoms. The molecule has 0 radical (unpaired) electrons. The monoisotopic (exact) mass is 193 g/mol. The third kappa shape index (κ3) is 1.27. The number of nitrogens with two attached hydrogens (primary N) is 1. The van der Waals surface area contributed by atoms with E-state index < -0.39 is 0 Å². The van der Waals surface area contributed by atoms with Gasteiger partial charge in [0.1, 0.15) is 0 Å². The van der Waals surface area contributed by atoms with Gasteiger partial charge >= 0.3 is 0 Å². The van der Waals surface area contributed by atoms with E-state index in [0.29, 0.717) is 6.54 Å². The molecule has 0 atom stereocenters. The maximum Gasteiger partial charge on any atom is 0.0508 e. The molecule has 0 saturated carbocycles. The quantitative estimate of drug-likeness (QED) is 0.687.